The standard InChI is InChI=1S/C13H14Cl2N4O2S/c14-10-1-2-11(15)12(9-10)19-13(3-4-17-19)22(20,21)18-7-5-16-6-8-18/h1-4,9,16H,5-8H2. The quantitative estimate of drug-likeness (QED) is 0.905. The summed E-state index contributed by atoms with van der Waals surface area (Å²) in [7, 11) is -3.64. The van der Waals surface area contributed by atoms with Crippen LogP contribution in [0.1, 0.15) is 0 Å². The van der Waals surface area contributed by atoms with Crippen LogP contribution in [0, 0.1) is 0 Å². The summed E-state index contributed by atoms with van der Waals surface area (Å²) < 4.78 is 28.4. The molecule has 0 aliphatic carbocycles. The molecule has 1 fully saturated rings. The number of sulfonamides is 1. The van der Waals surface area contributed by atoms with Crippen molar-refractivity contribution in [1.29, 1.82) is 0 Å². The molecule has 0 amide bonds. The maximum atomic E-state index is 12.8. The first-order valence-corrected chi connectivity index (χ1v) is 8.90. The van der Waals surface area contributed by atoms with Gasteiger partial charge in [0.05, 0.1) is 16.9 Å². The third-order valence-electron chi connectivity index (χ3n) is 3.42. The van der Waals surface area contributed by atoms with Crippen LogP contribution >= 0.6 is 23.2 Å². The summed E-state index contributed by atoms with van der Waals surface area (Å²) in [5.41, 5.74) is 0.438. The van der Waals surface area contributed by atoms with E-state index >= 15 is 0 Å². The second-order valence-corrected chi connectivity index (χ2v) is 7.56. The van der Waals surface area contributed by atoms with Gasteiger partial charge in [-0.2, -0.15) is 9.40 Å². The number of nitrogens with zero attached hydrogens (tertiary/aromatic N) is 3. The molecule has 0 radical (unpaired) electrons. The zero-order valence-electron chi connectivity index (χ0n) is 11.5. The molecule has 2 aromatic rings. The Labute approximate surface area is 138 Å². The van der Waals surface area contributed by atoms with Crippen LogP contribution in [0.3, 0.4) is 0 Å². The SMILES string of the molecule is O=S(=O)(c1ccnn1-c1cc(Cl)ccc1Cl)N1CCNCC1. The van der Waals surface area contributed by atoms with Gasteiger partial charge in [0.2, 0.25) is 0 Å². The maximum Gasteiger partial charge on any atom is 0.260 e. The largest absolute Gasteiger partial charge is 0.314 e. The minimum atomic E-state index is -3.64. The highest BCUT2D eigenvalue weighted by Crippen LogP contribution is 2.27. The Morgan fingerprint density at radius 2 is 1.86 bits per heavy atom. The Morgan fingerprint density at radius 1 is 1.14 bits per heavy atom. The van der Waals surface area contributed by atoms with Crippen molar-refractivity contribution >= 4 is 33.2 Å². The van der Waals surface area contributed by atoms with Crippen molar-refractivity contribution in [3.8, 4) is 5.69 Å². The molecule has 1 aromatic heterocycles. The van der Waals surface area contributed by atoms with E-state index in [0.717, 1.165) is 0 Å². The van der Waals surface area contributed by atoms with Gasteiger partial charge in [-0.05, 0) is 24.3 Å². The van der Waals surface area contributed by atoms with Crippen LogP contribution in [-0.2, 0) is 10.0 Å². The highest BCUT2D eigenvalue weighted by molar-refractivity contribution is 7.89. The van der Waals surface area contributed by atoms with Crippen molar-refractivity contribution in [1.82, 2.24) is 19.4 Å². The van der Waals surface area contributed by atoms with Crippen LogP contribution < -0.4 is 5.32 Å². The fourth-order valence-corrected chi connectivity index (χ4v) is 4.22. The molecule has 0 bridgehead atoms. The van der Waals surface area contributed by atoms with Gasteiger partial charge in [0.25, 0.3) is 10.0 Å². The van der Waals surface area contributed by atoms with Crippen molar-refractivity contribution in [3.63, 3.8) is 0 Å². The second kappa shape index (κ2) is 6.17. The van der Waals surface area contributed by atoms with Crippen LogP contribution in [0.4, 0.5) is 0 Å². The lowest BCUT2D eigenvalue weighted by atomic mass is 10.3. The molecule has 1 saturated heterocycles. The summed E-state index contributed by atoms with van der Waals surface area (Å²) >= 11 is 12.1. The van der Waals surface area contributed by atoms with E-state index in [1.807, 2.05) is 0 Å². The van der Waals surface area contributed by atoms with Crippen LogP contribution in [0.5, 0.6) is 0 Å². The molecule has 1 aliphatic rings. The van der Waals surface area contributed by atoms with E-state index in [-0.39, 0.29) is 5.03 Å². The highest BCUT2D eigenvalue weighted by atomic mass is 35.5. The molecule has 2 heterocycles. The van der Waals surface area contributed by atoms with Gasteiger partial charge in [0.15, 0.2) is 5.03 Å². The fraction of sp³-hybridized carbons (Fsp3) is 0.308. The predicted molar refractivity (Wildman–Crippen MR) is 85.2 cm³/mol. The third-order valence-corrected chi connectivity index (χ3v) is 5.86. The van der Waals surface area contributed by atoms with Crippen molar-refractivity contribution in [2.45, 2.75) is 5.03 Å². The third kappa shape index (κ3) is 2.87. The summed E-state index contributed by atoms with van der Waals surface area (Å²) in [6.45, 7) is 2.12. The van der Waals surface area contributed by atoms with E-state index < -0.39 is 10.0 Å². The molecular formula is C13H14Cl2N4O2S. The Hall–Kier alpha value is -1.12. The van der Waals surface area contributed by atoms with E-state index in [1.54, 1.807) is 18.2 Å². The number of hydrogen-bond donors (Lipinski definition) is 1. The van der Waals surface area contributed by atoms with Crippen molar-refractivity contribution < 1.29 is 8.42 Å². The summed E-state index contributed by atoms with van der Waals surface area (Å²) in [6, 6.07) is 6.31. The van der Waals surface area contributed by atoms with Crippen LogP contribution in [0.15, 0.2) is 35.5 Å². The van der Waals surface area contributed by atoms with Gasteiger partial charge in [-0.25, -0.2) is 13.1 Å². The van der Waals surface area contributed by atoms with Crippen LogP contribution in [-0.4, -0.2) is 48.7 Å². The van der Waals surface area contributed by atoms with E-state index in [2.05, 4.69) is 10.4 Å². The molecule has 1 aromatic carbocycles. The fourth-order valence-electron chi connectivity index (χ4n) is 2.33. The highest BCUT2D eigenvalue weighted by Gasteiger charge is 2.29. The average Bonchev–Trinajstić information content (AvgIpc) is 3.01. The number of piperazine rings is 1. The topological polar surface area (TPSA) is 67.2 Å². The molecule has 9 heteroatoms. The van der Waals surface area contributed by atoms with Gasteiger partial charge in [0, 0.05) is 31.2 Å². The van der Waals surface area contributed by atoms with Gasteiger partial charge in [0.1, 0.15) is 0 Å². The Morgan fingerprint density at radius 3 is 2.59 bits per heavy atom. The molecule has 22 heavy (non-hydrogen) atoms. The zero-order valence-corrected chi connectivity index (χ0v) is 13.9. The number of benzene rings is 1. The first-order chi connectivity index (χ1) is 10.5. The number of aromatic nitrogens is 2. The van der Waals surface area contributed by atoms with Crippen molar-refractivity contribution in [2.24, 2.45) is 0 Å². The van der Waals surface area contributed by atoms with E-state index in [9.17, 15) is 8.42 Å². The van der Waals surface area contributed by atoms with Gasteiger partial charge in [-0.15, -0.1) is 0 Å². The Kier molecular flexibility index (Phi) is 4.42. The smallest absolute Gasteiger partial charge is 0.260 e. The number of halogens is 2. The maximum absolute atomic E-state index is 12.8. The van der Waals surface area contributed by atoms with Gasteiger partial charge < -0.3 is 5.32 Å². The number of rotatable bonds is 3. The molecule has 1 N–H and O–H groups in total. The molecule has 0 spiro atoms. The molecule has 3 rings (SSSR count). The predicted octanol–water partition coefficient (Wildman–Crippen LogP) is 1.77. The van der Waals surface area contributed by atoms with Crippen molar-refractivity contribution in [2.75, 3.05) is 26.2 Å². The minimum Gasteiger partial charge on any atom is -0.314 e. The van der Waals surface area contributed by atoms with Crippen LogP contribution in [0.2, 0.25) is 10.0 Å². The van der Waals surface area contributed by atoms with E-state index in [1.165, 1.54) is 21.3 Å². The molecule has 0 saturated carbocycles. The molecule has 0 unspecified atom stereocenters. The number of hydrogen-bond acceptors (Lipinski definition) is 4. The summed E-state index contributed by atoms with van der Waals surface area (Å²) in [4.78, 5) is 0. The lowest BCUT2D eigenvalue weighted by Gasteiger charge is -2.26. The molecule has 1 aliphatic heterocycles. The first-order valence-electron chi connectivity index (χ1n) is 6.70. The first kappa shape index (κ1) is 15.8. The normalized spacial score (nSPS) is 16.8. The van der Waals surface area contributed by atoms with Crippen molar-refractivity contribution in [3.05, 3.63) is 40.5 Å². The lowest BCUT2D eigenvalue weighted by molar-refractivity contribution is 0.358. The summed E-state index contributed by atoms with van der Waals surface area (Å²) in [5, 5.41) is 8.15. The second-order valence-electron chi connectivity index (χ2n) is 4.83. The van der Waals surface area contributed by atoms with Crippen LogP contribution in [0.25, 0.3) is 5.69 Å². The minimum absolute atomic E-state index is 0.0820. The monoisotopic (exact) mass is 360 g/mol. The zero-order chi connectivity index (χ0) is 15.7. The lowest BCUT2D eigenvalue weighted by Crippen LogP contribution is -2.46. The molecule has 6 nitrogen and oxygen atoms in total. The van der Waals surface area contributed by atoms with E-state index in [0.29, 0.717) is 41.9 Å². The van der Waals surface area contributed by atoms with Gasteiger partial charge in [-0.1, -0.05) is 23.2 Å². The molecular weight excluding hydrogens is 347 g/mol. The average molecular weight is 361 g/mol. The molecule has 118 valence electrons. The van der Waals surface area contributed by atoms with Gasteiger partial charge >= 0.3 is 0 Å². The number of nitrogens with one attached hydrogen (secondary N) is 1. The van der Waals surface area contributed by atoms with Gasteiger partial charge in [-0.3, -0.25) is 0 Å². The Balaban J connectivity index is 2.07. The Bertz CT molecular complexity index is 785. The van der Waals surface area contributed by atoms with E-state index in [4.69, 9.17) is 23.2 Å². The summed E-state index contributed by atoms with van der Waals surface area (Å²) in [5.74, 6) is 0. The molecule has 0 atom stereocenters. The summed E-state index contributed by atoms with van der Waals surface area (Å²) in [6.07, 6.45) is 1.44.